The minimum Gasteiger partial charge on any atom is -0.396 e. The summed E-state index contributed by atoms with van der Waals surface area (Å²) in [7, 11) is 0. The fourth-order valence-corrected chi connectivity index (χ4v) is 1.37. The molecule has 3 nitrogen and oxygen atoms in total. The van der Waals surface area contributed by atoms with Gasteiger partial charge in [-0.2, -0.15) is 0 Å². The van der Waals surface area contributed by atoms with Crippen molar-refractivity contribution < 1.29 is 4.39 Å². The Hall–Kier alpha value is -1.84. The van der Waals surface area contributed by atoms with Crippen molar-refractivity contribution in [2.24, 2.45) is 0 Å². The molecule has 0 aliphatic rings. The molecule has 0 unspecified atom stereocenters. The van der Waals surface area contributed by atoms with Crippen LogP contribution < -0.4 is 11.5 Å². The number of aromatic nitrogens is 1. The maximum absolute atomic E-state index is 13.6. The normalized spacial score (nSPS) is 10.7. The van der Waals surface area contributed by atoms with E-state index in [2.05, 4.69) is 4.98 Å². The van der Waals surface area contributed by atoms with Crippen molar-refractivity contribution in [2.75, 3.05) is 11.5 Å². The zero-order valence-corrected chi connectivity index (χ0v) is 7.71. The third-order valence-electron chi connectivity index (χ3n) is 2.24. The standard InChI is InChI=1S/C10H10FN3/c1-5-2-3-6-9(13)7(12)4-14-10(6)8(5)11/h2-4H,12H2,1H3,(H2,13,14). The van der Waals surface area contributed by atoms with Crippen LogP contribution in [0.2, 0.25) is 0 Å². The number of fused-ring (bicyclic) bond motifs is 1. The lowest BCUT2D eigenvalue weighted by Gasteiger charge is -2.06. The van der Waals surface area contributed by atoms with E-state index >= 15 is 0 Å². The lowest BCUT2D eigenvalue weighted by molar-refractivity contribution is 0.628. The Morgan fingerprint density at radius 2 is 2.00 bits per heavy atom. The van der Waals surface area contributed by atoms with Crippen LogP contribution in [0, 0.1) is 12.7 Å². The summed E-state index contributed by atoms with van der Waals surface area (Å²) < 4.78 is 13.6. The van der Waals surface area contributed by atoms with E-state index in [1.54, 1.807) is 19.1 Å². The molecule has 0 saturated heterocycles. The van der Waals surface area contributed by atoms with Crippen molar-refractivity contribution >= 4 is 22.3 Å². The predicted octanol–water partition coefficient (Wildman–Crippen LogP) is 1.85. The third-order valence-corrected chi connectivity index (χ3v) is 2.24. The number of hydrogen-bond donors (Lipinski definition) is 2. The number of rotatable bonds is 0. The van der Waals surface area contributed by atoms with Gasteiger partial charge in [-0.15, -0.1) is 0 Å². The number of nitrogens with zero attached hydrogens (tertiary/aromatic N) is 1. The molecule has 0 radical (unpaired) electrons. The molecule has 0 aliphatic heterocycles. The summed E-state index contributed by atoms with van der Waals surface area (Å²) in [5.74, 6) is -0.339. The highest BCUT2D eigenvalue weighted by molar-refractivity contribution is 5.96. The maximum Gasteiger partial charge on any atom is 0.152 e. The molecule has 1 aromatic heterocycles. The molecule has 0 amide bonds. The topological polar surface area (TPSA) is 64.9 Å². The summed E-state index contributed by atoms with van der Waals surface area (Å²) >= 11 is 0. The SMILES string of the molecule is Cc1ccc2c(N)c(N)cnc2c1F. The monoisotopic (exact) mass is 191 g/mol. The van der Waals surface area contributed by atoms with Gasteiger partial charge in [0.2, 0.25) is 0 Å². The Morgan fingerprint density at radius 3 is 2.71 bits per heavy atom. The summed E-state index contributed by atoms with van der Waals surface area (Å²) in [6.07, 6.45) is 1.38. The van der Waals surface area contributed by atoms with Crippen LogP contribution in [0.15, 0.2) is 18.3 Å². The molecule has 1 aromatic carbocycles. The Labute approximate surface area is 80.5 Å². The molecule has 72 valence electrons. The van der Waals surface area contributed by atoms with Crippen molar-refractivity contribution in [3.05, 3.63) is 29.7 Å². The zero-order chi connectivity index (χ0) is 10.3. The fourth-order valence-electron chi connectivity index (χ4n) is 1.37. The van der Waals surface area contributed by atoms with Crippen LogP contribution in [-0.2, 0) is 0 Å². The number of nitrogen functional groups attached to an aromatic ring is 2. The number of halogens is 1. The molecular formula is C10H10FN3. The Morgan fingerprint density at radius 1 is 1.29 bits per heavy atom. The lowest BCUT2D eigenvalue weighted by atomic mass is 10.1. The van der Waals surface area contributed by atoms with Crippen molar-refractivity contribution in [2.45, 2.75) is 6.92 Å². The molecule has 0 atom stereocenters. The summed E-state index contributed by atoms with van der Waals surface area (Å²) in [5.41, 5.74) is 12.9. The first-order chi connectivity index (χ1) is 6.61. The predicted molar refractivity (Wildman–Crippen MR) is 55.3 cm³/mol. The van der Waals surface area contributed by atoms with Crippen molar-refractivity contribution in [3.8, 4) is 0 Å². The van der Waals surface area contributed by atoms with Gasteiger partial charge >= 0.3 is 0 Å². The van der Waals surface area contributed by atoms with E-state index in [0.29, 0.717) is 22.3 Å². The van der Waals surface area contributed by atoms with Gasteiger partial charge in [0.05, 0.1) is 17.6 Å². The molecule has 2 aromatic rings. The molecule has 0 aliphatic carbocycles. The van der Waals surface area contributed by atoms with Gasteiger partial charge in [-0.1, -0.05) is 12.1 Å². The van der Waals surface area contributed by atoms with Crippen LogP contribution >= 0.6 is 0 Å². The molecular weight excluding hydrogens is 181 g/mol. The highest BCUT2D eigenvalue weighted by Gasteiger charge is 2.08. The van der Waals surface area contributed by atoms with Crippen molar-refractivity contribution in [1.29, 1.82) is 0 Å². The van der Waals surface area contributed by atoms with E-state index in [1.165, 1.54) is 6.20 Å². The van der Waals surface area contributed by atoms with E-state index < -0.39 is 0 Å². The third kappa shape index (κ3) is 1.08. The van der Waals surface area contributed by atoms with E-state index in [9.17, 15) is 4.39 Å². The smallest absolute Gasteiger partial charge is 0.152 e. The summed E-state index contributed by atoms with van der Waals surface area (Å²) in [6.45, 7) is 1.68. The molecule has 4 heteroatoms. The zero-order valence-electron chi connectivity index (χ0n) is 7.71. The second-order valence-electron chi connectivity index (χ2n) is 3.22. The summed E-state index contributed by atoms with van der Waals surface area (Å²) in [4.78, 5) is 3.92. The van der Waals surface area contributed by atoms with Crippen LogP contribution in [0.3, 0.4) is 0 Å². The average Bonchev–Trinajstić information content (AvgIpc) is 2.17. The van der Waals surface area contributed by atoms with Gasteiger partial charge in [-0.05, 0) is 12.5 Å². The van der Waals surface area contributed by atoms with E-state index in [4.69, 9.17) is 11.5 Å². The van der Waals surface area contributed by atoms with Gasteiger partial charge < -0.3 is 11.5 Å². The highest BCUT2D eigenvalue weighted by Crippen LogP contribution is 2.27. The highest BCUT2D eigenvalue weighted by atomic mass is 19.1. The second-order valence-corrected chi connectivity index (χ2v) is 3.22. The quantitative estimate of drug-likeness (QED) is 0.667. The van der Waals surface area contributed by atoms with Crippen LogP contribution in [-0.4, -0.2) is 4.98 Å². The fraction of sp³-hybridized carbons (Fsp3) is 0.100. The summed E-state index contributed by atoms with van der Waals surface area (Å²) in [6, 6.07) is 3.39. The van der Waals surface area contributed by atoms with Crippen molar-refractivity contribution in [1.82, 2.24) is 4.98 Å². The van der Waals surface area contributed by atoms with Gasteiger partial charge in [-0.3, -0.25) is 4.98 Å². The van der Waals surface area contributed by atoms with Gasteiger partial charge in [0.1, 0.15) is 5.52 Å². The summed E-state index contributed by atoms with van der Waals surface area (Å²) in [5, 5.41) is 0.563. The Kier molecular flexibility index (Phi) is 1.77. The molecule has 0 saturated carbocycles. The Balaban J connectivity index is 2.94. The molecule has 0 spiro atoms. The first-order valence-electron chi connectivity index (χ1n) is 4.20. The number of aryl methyl sites for hydroxylation is 1. The van der Waals surface area contributed by atoms with Crippen molar-refractivity contribution in [3.63, 3.8) is 0 Å². The van der Waals surface area contributed by atoms with Crippen LogP contribution in [0.25, 0.3) is 10.9 Å². The van der Waals surface area contributed by atoms with Gasteiger partial charge in [0.15, 0.2) is 5.82 Å². The number of nitrogens with two attached hydrogens (primary N) is 2. The molecule has 0 bridgehead atoms. The van der Waals surface area contributed by atoms with Crippen LogP contribution in [0.4, 0.5) is 15.8 Å². The first kappa shape index (κ1) is 8.74. The van der Waals surface area contributed by atoms with Gasteiger partial charge in [0.25, 0.3) is 0 Å². The minimum atomic E-state index is -0.339. The first-order valence-corrected chi connectivity index (χ1v) is 4.20. The lowest BCUT2D eigenvalue weighted by Crippen LogP contribution is -1.98. The van der Waals surface area contributed by atoms with Crippen LogP contribution in [0.5, 0.6) is 0 Å². The second kappa shape index (κ2) is 2.83. The molecule has 14 heavy (non-hydrogen) atoms. The van der Waals surface area contributed by atoms with Gasteiger partial charge in [0, 0.05) is 5.39 Å². The number of anilines is 2. The largest absolute Gasteiger partial charge is 0.396 e. The molecule has 2 rings (SSSR count). The van der Waals surface area contributed by atoms with E-state index in [0.717, 1.165) is 0 Å². The number of benzene rings is 1. The average molecular weight is 191 g/mol. The van der Waals surface area contributed by atoms with E-state index in [1.807, 2.05) is 0 Å². The minimum absolute atomic E-state index is 0.275. The molecule has 0 fully saturated rings. The molecule has 4 N–H and O–H groups in total. The van der Waals surface area contributed by atoms with Crippen LogP contribution in [0.1, 0.15) is 5.56 Å². The van der Waals surface area contributed by atoms with E-state index in [-0.39, 0.29) is 11.3 Å². The number of hydrogen-bond acceptors (Lipinski definition) is 3. The maximum atomic E-state index is 13.6. The Bertz CT molecular complexity index is 461. The van der Waals surface area contributed by atoms with Gasteiger partial charge in [-0.25, -0.2) is 4.39 Å². The molecule has 1 heterocycles. The number of pyridine rings is 1.